The summed E-state index contributed by atoms with van der Waals surface area (Å²) < 4.78 is 15.9. The van der Waals surface area contributed by atoms with E-state index < -0.39 is 5.54 Å². The molecule has 7 heteroatoms. The quantitative estimate of drug-likeness (QED) is 0.751. The predicted octanol–water partition coefficient (Wildman–Crippen LogP) is 1.92. The number of nitrogens with one attached hydrogen (secondary N) is 1. The Morgan fingerprint density at radius 3 is 2.04 bits per heavy atom. The van der Waals surface area contributed by atoms with Crippen molar-refractivity contribution in [3.8, 4) is 17.2 Å². The van der Waals surface area contributed by atoms with Crippen molar-refractivity contribution < 1.29 is 19.0 Å². The van der Waals surface area contributed by atoms with Gasteiger partial charge in [-0.2, -0.15) is 0 Å². The first-order valence-corrected chi connectivity index (χ1v) is 7.15. The van der Waals surface area contributed by atoms with Crippen LogP contribution in [0.1, 0.15) is 25.8 Å². The fraction of sp³-hybridized carbons (Fsp3) is 0.562. The molecule has 132 valence electrons. The molecular formula is C16H27ClN2O4. The van der Waals surface area contributed by atoms with Crippen LogP contribution in [0.3, 0.4) is 0 Å². The molecule has 0 aliphatic carbocycles. The standard InChI is InChI=1S/C16H26N2O4.ClH/c1-16(2,17)10-18-14(19)7-6-11-8-12(20-3)15(22-5)13(9-11)21-4;/h8-9H,6-7,10,17H2,1-5H3,(H,18,19);1H. The van der Waals surface area contributed by atoms with Gasteiger partial charge in [-0.15, -0.1) is 12.4 Å². The molecular weight excluding hydrogens is 320 g/mol. The Bertz CT molecular complexity index is 490. The zero-order valence-corrected chi connectivity index (χ0v) is 15.2. The molecule has 0 heterocycles. The van der Waals surface area contributed by atoms with Gasteiger partial charge in [0.1, 0.15) is 0 Å². The summed E-state index contributed by atoms with van der Waals surface area (Å²) in [7, 11) is 4.69. The van der Waals surface area contributed by atoms with E-state index in [1.807, 2.05) is 26.0 Å². The van der Waals surface area contributed by atoms with Gasteiger partial charge in [-0.1, -0.05) is 0 Å². The Kier molecular flexibility index (Phi) is 8.79. The van der Waals surface area contributed by atoms with E-state index in [0.29, 0.717) is 36.6 Å². The zero-order valence-electron chi connectivity index (χ0n) is 14.4. The van der Waals surface area contributed by atoms with Crippen LogP contribution in [0.2, 0.25) is 0 Å². The van der Waals surface area contributed by atoms with Crippen molar-refractivity contribution in [2.24, 2.45) is 5.73 Å². The molecule has 3 N–H and O–H groups in total. The predicted molar refractivity (Wildman–Crippen MR) is 92.9 cm³/mol. The monoisotopic (exact) mass is 346 g/mol. The second-order valence-electron chi connectivity index (χ2n) is 5.80. The zero-order chi connectivity index (χ0) is 16.8. The van der Waals surface area contributed by atoms with E-state index in [9.17, 15) is 4.79 Å². The van der Waals surface area contributed by atoms with Crippen molar-refractivity contribution in [1.29, 1.82) is 0 Å². The van der Waals surface area contributed by atoms with Gasteiger partial charge >= 0.3 is 0 Å². The smallest absolute Gasteiger partial charge is 0.220 e. The van der Waals surface area contributed by atoms with Crippen LogP contribution in [0.25, 0.3) is 0 Å². The highest BCUT2D eigenvalue weighted by Crippen LogP contribution is 2.38. The van der Waals surface area contributed by atoms with Gasteiger partial charge in [-0.05, 0) is 38.0 Å². The van der Waals surface area contributed by atoms with Crippen LogP contribution in [0.4, 0.5) is 0 Å². The van der Waals surface area contributed by atoms with Crippen molar-refractivity contribution in [1.82, 2.24) is 5.32 Å². The number of ether oxygens (including phenoxy) is 3. The molecule has 0 bridgehead atoms. The summed E-state index contributed by atoms with van der Waals surface area (Å²) in [5.41, 5.74) is 6.36. The van der Waals surface area contributed by atoms with Gasteiger partial charge in [0.05, 0.1) is 21.3 Å². The van der Waals surface area contributed by atoms with Crippen LogP contribution in [0, 0.1) is 0 Å². The minimum atomic E-state index is -0.414. The van der Waals surface area contributed by atoms with Gasteiger partial charge in [0.25, 0.3) is 0 Å². The SMILES string of the molecule is COc1cc(CCC(=O)NCC(C)(C)N)cc(OC)c1OC.Cl. The van der Waals surface area contributed by atoms with Crippen LogP contribution in [0.5, 0.6) is 17.2 Å². The summed E-state index contributed by atoms with van der Waals surface area (Å²) in [6, 6.07) is 3.70. The van der Waals surface area contributed by atoms with Crippen LogP contribution in [-0.4, -0.2) is 39.3 Å². The molecule has 0 aliphatic heterocycles. The molecule has 0 aliphatic rings. The van der Waals surface area contributed by atoms with E-state index in [0.717, 1.165) is 5.56 Å². The maximum absolute atomic E-state index is 11.8. The number of rotatable bonds is 8. The minimum absolute atomic E-state index is 0. The van der Waals surface area contributed by atoms with Gasteiger partial charge in [-0.25, -0.2) is 0 Å². The number of amides is 1. The normalized spacial score (nSPS) is 10.5. The van der Waals surface area contributed by atoms with E-state index >= 15 is 0 Å². The van der Waals surface area contributed by atoms with E-state index in [-0.39, 0.29) is 18.3 Å². The molecule has 6 nitrogen and oxygen atoms in total. The number of methoxy groups -OCH3 is 3. The molecule has 1 amide bonds. The minimum Gasteiger partial charge on any atom is -0.493 e. The second kappa shape index (κ2) is 9.47. The molecule has 1 aromatic carbocycles. The lowest BCUT2D eigenvalue weighted by atomic mass is 10.1. The lowest BCUT2D eigenvalue weighted by Gasteiger charge is -2.19. The van der Waals surface area contributed by atoms with Gasteiger partial charge in [0, 0.05) is 18.5 Å². The molecule has 0 aromatic heterocycles. The van der Waals surface area contributed by atoms with Gasteiger partial charge in [0.2, 0.25) is 11.7 Å². The molecule has 0 spiro atoms. The molecule has 1 rings (SSSR count). The van der Waals surface area contributed by atoms with Crippen LogP contribution >= 0.6 is 12.4 Å². The van der Waals surface area contributed by atoms with Crippen LogP contribution in [0.15, 0.2) is 12.1 Å². The Balaban J connectivity index is 0.00000484. The second-order valence-corrected chi connectivity index (χ2v) is 5.80. The first kappa shape index (κ1) is 21.3. The highest BCUT2D eigenvalue weighted by Gasteiger charge is 2.15. The Hall–Kier alpha value is -1.66. The molecule has 23 heavy (non-hydrogen) atoms. The number of carbonyl (C=O) groups excluding carboxylic acids is 1. The van der Waals surface area contributed by atoms with Crippen molar-refractivity contribution in [2.45, 2.75) is 32.2 Å². The topological polar surface area (TPSA) is 82.8 Å². The molecule has 0 atom stereocenters. The van der Waals surface area contributed by atoms with E-state index in [4.69, 9.17) is 19.9 Å². The van der Waals surface area contributed by atoms with Gasteiger partial charge < -0.3 is 25.3 Å². The van der Waals surface area contributed by atoms with Crippen molar-refractivity contribution in [3.63, 3.8) is 0 Å². The van der Waals surface area contributed by atoms with Crippen molar-refractivity contribution in [3.05, 3.63) is 17.7 Å². The third-order valence-electron chi connectivity index (χ3n) is 3.11. The molecule has 0 radical (unpaired) electrons. The summed E-state index contributed by atoms with van der Waals surface area (Å²) in [5, 5.41) is 2.82. The fourth-order valence-electron chi connectivity index (χ4n) is 1.95. The molecule has 0 saturated heterocycles. The average molecular weight is 347 g/mol. The number of hydrogen-bond acceptors (Lipinski definition) is 5. The number of carbonyl (C=O) groups is 1. The summed E-state index contributed by atoms with van der Waals surface area (Å²) in [4.78, 5) is 11.8. The highest BCUT2D eigenvalue weighted by molar-refractivity contribution is 5.85. The van der Waals surface area contributed by atoms with Crippen molar-refractivity contribution >= 4 is 18.3 Å². The summed E-state index contributed by atoms with van der Waals surface area (Å²) in [6.07, 6.45) is 0.947. The fourth-order valence-corrected chi connectivity index (χ4v) is 1.95. The highest BCUT2D eigenvalue weighted by atomic mass is 35.5. The molecule has 0 saturated carbocycles. The van der Waals surface area contributed by atoms with Gasteiger partial charge in [0.15, 0.2) is 11.5 Å². The Labute approximate surface area is 144 Å². The lowest BCUT2D eigenvalue weighted by molar-refractivity contribution is -0.121. The number of halogens is 1. The molecule has 0 unspecified atom stereocenters. The third-order valence-corrected chi connectivity index (χ3v) is 3.11. The maximum Gasteiger partial charge on any atom is 0.220 e. The summed E-state index contributed by atoms with van der Waals surface area (Å²) in [6.45, 7) is 4.18. The van der Waals surface area contributed by atoms with E-state index in [1.54, 1.807) is 21.3 Å². The number of hydrogen-bond donors (Lipinski definition) is 2. The third kappa shape index (κ3) is 6.97. The molecule has 0 fully saturated rings. The maximum atomic E-state index is 11.8. The van der Waals surface area contributed by atoms with E-state index in [1.165, 1.54) is 0 Å². The molecule has 1 aromatic rings. The Morgan fingerprint density at radius 2 is 1.65 bits per heavy atom. The summed E-state index contributed by atoms with van der Waals surface area (Å²) >= 11 is 0. The summed E-state index contributed by atoms with van der Waals surface area (Å²) in [5.74, 6) is 1.68. The van der Waals surface area contributed by atoms with Crippen LogP contribution in [-0.2, 0) is 11.2 Å². The van der Waals surface area contributed by atoms with Crippen LogP contribution < -0.4 is 25.3 Å². The number of aryl methyl sites for hydroxylation is 1. The first-order valence-electron chi connectivity index (χ1n) is 7.15. The first-order chi connectivity index (χ1) is 10.3. The van der Waals surface area contributed by atoms with E-state index in [2.05, 4.69) is 5.32 Å². The Morgan fingerprint density at radius 1 is 1.13 bits per heavy atom. The van der Waals surface area contributed by atoms with Gasteiger partial charge in [-0.3, -0.25) is 4.79 Å². The number of nitrogens with two attached hydrogens (primary N) is 1. The lowest BCUT2D eigenvalue weighted by Crippen LogP contribution is -2.45. The van der Waals surface area contributed by atoms with Crippen molar-refractivity contribution in [2.75, 3.05) is 27.9 Å². The average Bonchev–Trinajstić information content (AvgIpc) is 2.48. The number of benzene rings is 1. The largest absolute Gasteiger partial charge is 0.493 e.